The molecule has 0 spiro atoms. The molecule has 0 fully saturated rings. The Morgan fingerprint density at radius 3 is 2.88 bits per heavy atom. The minimum Gasteiger partial charge on any atom is -0.497 e. The molecule has 2 heterocycles. The second-order valence-corrected chi connectivity index (χ2v) is 6.56. The van der Waals surface area contributed by atoms with E-state index in [1.165, 1.54) is 0 Å². The summed E-state index contributed by atoms with van der Waals surface area (Å²) in [7, 11) is 1.60. The van der Waals surface area contributed by atoms with Gasteiger partial charge < -0.3 is 15.0 Å². The maximum Gasteiger partial charge on any atom is 0.243 e. The third-order valence-electron chi connectivity index (χ3n) is 3.93. The largest absolute Gasteiger partial charge is 0.497 e. The van der Waals surface area contributed by atoms with Gasteiger partial charge in [0.1, 0.15) is 11.3 Å². The van der Waals surface area contributed by atoms with Crippen molar-refractivity contribution in [3.05, 3.63) is 53.3 Å². The van der Waals surface area contributed by atoms with Gasteiger partial charge in [0, 0.05) is 35.2 Å². The summed E-state index contributed by atoms with van der Waals surface area (Å²) in [6.07, 6.45) is 3.46. The van der Waals surface area contributed by atoms with Crippen molar-refractivity contribution in [3.8, 4) is 5.75 Å². The maximum atomic E-state index is 12.5. The lowest BCUT2D eigenvalue weighted by Gasteiger charge is -2.23. The van der Waals surface area contributed by atoms with Crippen LogP contribution in [0.3, 0.4) is 0 Å². The highest BCUT2D eigenvalue weighted by atomic mass is 79.9. The Bertz CT molecular complexity index is 932. The van der Waals surface area contributed by atoms with Gasteiger partial charge >= 0.3 is 0 Å². The molecule has 0 aliphatic heterocycles. The van der Waals surface area contributed by atoms with Crippen LogP contribution in [0.25, 0.3) is 11.0 Å². The van der Waals surface area contributed by atoms with E-state index in [4.69, 9.17) is 4.74 Å². The molecule has 0 bridgehead atoms. The van der Waals surface area contributed by atoms with Gasteiger partial charge in [0.2, 0.25) is 5.91 Å². The van der Waals surface area contributed by atoms with E-state index in [-0.39, 0.29) is 12.5 Å². The number of aromatic nitrogens is 2. The van der Waals surface area contributed by atoms with Crippen molar-refractivity contribution in [1.82, 2.24) is 9.97 Å². The summed E-state index contributed by atoms with van der Waals surface area (Å²) in [5.74, 6) is 0.590. The van der Waals surface area contributed by atoms with Gasteiger partial charge in [-0.05, 0) is 47.1 Å². The number of anilines is 2. The number of nitrogens with zero attached hydrogens (tertiary/aromatic N) is 3. The van der Waals surface area contributed by atoms with Crippen LogP contribution in [0.15, 0.2) is 53.3 Å². The number of likely N-dealkylation sites (N-methyl/N-ethyl adjacent to an activating group) is 1. The van der Waals surface area contributed by atoms with Crippen molar-refractivity contribution < 1.29 is 9.53 Å². The Balaban J connectivity index is 1.80. The number of hydrogen-bond donors (Lipinski definition) is 1. The molecule has 0 unspecified atom stereocenters. The number of rotatable bonds is 6. The number of fused-ring (bicyclic) bond motifs is 1. The second-order valence-electron chi connectivity index (χ2n) is 5.65. The summed E-state index contributed by atoms with van der Waals surface area (Å²) in [5.41, 5.74) is 3.13. The summed E-state index contributed by atoms with van der Waals surface area (Å²) in [6.45, 7) is 2.89. The van der Waals surface area contributed by atoms with Crippen molar-refractivity contribution >= 4 is 44.2 Å². The Morgan fingerprint density at radius 1 is 1.27 bits per heavy atom. The van der Waals surface area contributed by atoms with Crippen molar-refractivity contribution in [2.45, 2.75) is 6.92 Å². The number of carbonyl (C=O) groups excluding carboxylic acids is 1. The van der Waals surface area contributed by atoms with Gasteiger partial charge in [-0.15, -0.1) is 0 Å². The van der Waals surface area contributed by atoms with Crippen LogP contribution in [0.5, 0.6) is 5.75 Å². The van der Waals surface area contributed by atoms with Crippen molar-refractivity contribution in [2.75, 3.05) is 30.4 Å². The summed E-state index contributed by atoms with van der Waals surface area (Å²) < 4.78 is 6.05. The van der Waals surface area contributed by atoms with Crippen LogP contribution in [-0.4, -0.2) is 36.1 Å². The zero-order valence-electron chi connectivity index (χ0n) is 14.6. The standard InChI is InChI=1S/C19H19BrN4O2/c1-3-24(12-18(25)23-14-5-4-6-15(10-14)26-2)17-7-8-21-16-9-13(20)11-22-19(16)17/h4-11H,3,12H2,1-2H3,(H,23,25). The second kappa shape index (κ2) is 8.14. The van der Waals surface area contributed by atoms with E-state index >= 15 is 0 Å². The molecule has 3 rings (SSSR count). The first kappa shape index (κ1) is 18.1. The molecule has 0 atom stereocenters. The number of carbonyl (C=O) groups is 1. The van der Waals surface area contributed by atoms with Gasteiger partial charge in [0.25, 0.3) is 0 Å². The topological polar surface area (TPSA) is 67.4 Å². The summed E-state index contributed by atoms with van der Waals surface area (Å²) in [5, 5.41) is 2.90. The van der Waals surface area contributed by atoms with Crippen molar-refractivity contribution in [3.63, 3.8) is 0 Å². The van der Waals surface area contributed by atoms with E-state index in [1.807, 2.05) is 42.2 Å². The zero-order valence-corrected chi connectivity index (χ0v) is 16.2. The number of ether oxygens (including phenoxy) is 1. The highest BCUT2D eigenvalue weighted by molar-refractivity contribution is 9.10. The third kappa shape index (κ3) is 4.11. The molecule has 1 aromatic carbocycles. The highest BCUT2D eigenvalue weighted by Crippen LogP contribution is 2.25. The first-order valence-corrected chi connectivity index (χ1v) is 8.99. The summed E-state index contributed by atoms with van der Waals surface area (Å²) >= 11 is 3.41. The van der Waals surface area contributed by atoms with Gasteiger partial charge in [0.05, 0.1) is 24.9 Å². The average molecular weight is 415 g/mol. The van der Waals surface area contributed by atoms with E-state index in [2.05, 4.69) is 31.2 Å². The Morgan fingerprint density at radius 2 is 2.12 bits per heavy atom. The number of pyridine rings is 2. The minimum absolute atomic E-state index is 0.109. The van der Waals surface area contributed by atoms with E-state index in [0.717, 1.165) is 21.2 Å². The molecular weight excluding hydrogens is 396 g/mol. The smallest absolute Gasteiger partial charge is 0.243 e. The molecule has 134 valence electrons. The van der Waals surface area contributed by atoms with E-state index < -0.39 is 0 Å². The maximum absolute atomic E-state index is 12.5. The quantitative estimate of drug-likeness (QED) is 0.662. The molecule has 0 aliphatic rings. The van der Waals surface area contributed by atoms with Crippen molar-refractivity contribution in [1.29, 1.82) is 0 Å². The SMILES string of the molecule is CCN(CC(=O)Nc1cccc(OC)c1)c1ccnc2cc(Br)cnc12. The van der Waals surface area contributed by atoms with Crippen LogP contribution in [0.4, 0.5) is 11.4 Å². The third-order valence-corrected chi connectivity index (χ3v) is 4.37. The fourth-order valence-electron chi connectivity index (χ4n) is 2.69. The first-order chi connectivity index (χ1) is 12.6. The zero-order chi connectivity index (χ0) is 18.5. The summed E-state index contributed by atoms with van der Waals surface area (Å²) in [6, 6.07) is 11.1. The fourth-order valence-corrected chi connectivity index (χ4v) is 3.01. The van der Waals surface area contributed by atoms with Gasteiger partial charge in [-0.1, -0.05) is 6.07 Å². The lowest BCUT2D eigenvalue weighted by Crippen LogP contribution is -2.33. The predicted molar refractivity (Wildman–Crippen MR) is 107 cm³/mol. The Hall–Kier alpha value is -2.67. The molecule has 6 nitrogen and oxygen atoms in total. The van der Waals surface area contributed by atoms with Crippen LogP contribution in [0.1, 0.15) is 6.92 Å². The van der Waals surface area contributed by atoms with Gasteiger partial charge in [-0.3, -0.25) is 14.8 Å². The normalized spacial score (nSPS) is 10.6. The average Bonchev–Trinajstić information content (AvgIpc) is 2.65. The minimum atomic E-state index is -0.109. The lowest BCUT2D eigenvalue weighted by atomic mass is 10.2. The predicted octanol–water partition coefficient (Wildman–Crippen LogP) is 3.87. The van der Waals surface area contributed by atoms with E-state index in [0.29, 0.717) is 18.0 Å². The Kier molecular flexibility index (Phi) is 5.68. The first-order valence-electron chi connectivity index (χ1n) is 8.20. The molecule has 2 aromatic heterocycles. The molecule has 3 aromatic rings. The molecule has 26 heavy (non-hydrogen) atoms. The van der Waals surface area contributed by atoms with Crippen LogP contribution in [0.2, 0.25) is 0 Å². The number of nitrogens with one attached hydrogen (secondary N) is 1. The van der Waals surface area contributed by atoms with Crippen molar-refractivity contribution in [2.24, 2.45) is 0 Å². The highest BCUT2D eigenvalue weighted by Gasteiger charge is 2.14. The monoisotopic (exact) mass is 414 g/mol. The van der Waals surface area contributed by atoms with Crippen LogP contribution in [0, 0.1) is 0 Å². The number of methoxy groups -OCH3 is 1. The molecule has 1 amide bonds. The Labute approximate surface area is 160 Å². The van der Waals surface area contributed by atoms with Crippen LogP contribution >= 0.6 is 15.9 Å². The molecule has 1 N–H and O–H groups in total. The number of hydrogen-bond acceptors (Lipinski definition) is 5. The lowest BCUT2D eigenvalue weighted by molar-refractivity contribution is -0.115. The van der Waals surface area contributed by atoms with E-state index in [1.54, 1.807) is 25.6 Å². The molecule has 0 saturated carbocycles. The molecule has 0 radical (unpaired) electrons. The number of benzene rings is 1. The van der Waals surface area contributed by atoms with Gasteiger partial charge in [-0.2, -0.15) is 0 Å². The molecular formula is C19H19BrN4O2. The number of amides is 1. The molecule has 0 aliphatic carbocycles. The van der Waals surface area contributed by atoms with E-state index in [9.17, 15) is 4.79 Å². The molecule has 7 heteroatoms. The van der Waals surface area contributed by atoms with Crippen LogP contribution < -0.4 is 15.0 Å². The number of halogens is 1. The van der Waals surface area contributed by atoms with Gasteiger partial charge in [-0.25, -0.2) is 0 Å². The van der Waals surface area contributed by atoms with Gasteiger partial charge in [0.15, 0.2) is 0 Å². The fraction of sp³-hybridized carbons (Fsp3) is 0.211. The van der Waals surface area contributed by atoms with Crippen LogP contribution in [-0.2, 0) is 4.79 Å². The summed E-state index contributed by atoms with van der Waals surface area (Å²) in [4.78, 5) is 23.3. The molecule has 0 saturated heterocycles.